The van der Waals surface area contributed by atoms with Crippen LogP contribution in [0.15, 0.2) is 18.2 Å². The van der Waals surface area contributed by atoms with Gasteiger partial charge in [-0.15, -0.1) is 0 Å². The van der Waals surface area contributed by atoms with Gasteiger partial charge in [0.15, 0.2) is 11.5 Å². The molecule has 1 heterocycles. The zero-order valence-electron chi connectivity index (χ0n) is 13.9. The fraction of sp³-hybridized carbons (Fsp3) is 0.588. The molecule has 6 heteroatoms. The van der Waals surface area contributed by atoms with Crippen LogP contribution in [0.2, 0.25) is 0 Å². The van der Waals surface area contributed by atoms with Gasteiger partial charge in [-0.1, -0.05) is 6.07 Å². The number of methoxy groups -OCH3 is 2. The standard InChI is InChI=1S/C17H26N2O4/c1-21-15-6-3-5-14(16(15)22-2)17(20)19-10-7-13(8-11-19)23-12-4-9-18/h3,5-6,13H,4,7-12,18H2,1-2H3. The summed E-state index contributed by atoms with van der Waals surface area (Å²) in [6.45, 7) is 2.71. The van der Waals surface area contributed by atoms with Crippen molar-refractivity contribution in [2.24, 2.45) is 5.73 Å². The number of hydrogen-bond acceptors (Lipinski definition) is 5. The van der Waals surface area contributed by atoms with Crippen molar-refractivity contribution in [1.82, 2.24) is 4.90 Å². The third-order valence-electron chi connectivity index (χ3n) is 4.06. The van der Waals surface area contributed by atoms with E-state index in [1.54, 1.807) is 32.4 Å². The Morgan fingerprint density at radius 3 is 2.61 bits per heavy atom. The van der Waals surface area contributed by atoms with Crippen molar-refractivity contribution >= 4 is 5.91 Å². The number of carbonyl (C=O) groups is 1. The van der Waals surface area contributed by atoms with Crippen molar-refractivity contribution < 1.29 is 19.0 Å². The second-order valence-corrected chi connectivity index (χ2v) is 5.55. The zero-order chi connectivity index (χ0) is 16.7. The van der Waals surface area contributed by atoms with Gasteiger partial charge in [0.05, 0.1) is 25.9 Å². The van der Waals surface area contributed by atoms with Gasteiger partial charge in [-0.25, -0.2) is 0 Å². The number of benzene rings is 1. The van der Waals surface area contributed by atoms with Gasteiger partial charge in [-0.2, -0.15) is 0 Å². The predicted octanol–water partition coefficient (Wildman–Crippen LogP) is 1.67. The highest BCUT2D eigenvalue weighted by atomic mass is 16.5. The van der Waals surface area contributed by atoms with E-state index in [0.717, 1.165) is 19.3 Å². The first-order valence-corrected chi connectivity index (χ1v) is 8.03. The summed E-state index contributed by atoms with van der Waals surface area (Å²) in [5.41, 5.74) is 6.00. The molecular weight excluding hydrogens is 296 g/mol. The van der Waals surface area contributed by atoms with E-state index in [-0.39, 0.29) is 12.0 Å². The fourth-order valence-electron chi connectivity index (χ4n) is 2.78. The van der Waals surface area contributed by atoms with Crippen LogP contribution in [0.4, 0.5) is 0 Å². The molecule has 2 rings (SSSR count). The van der Waals surface area contributed by atoms with E-state index in [4.69, 9.17) is 19.9 Å². The summed E-state index contributed by atoms with van der Waals surface area (Å²) in [7, 11) is 3.11. The summed E-state index contributed by atoms with van der Waals surface area (Å²) < 4.78 is 16.4. The van der Waals surface area contributed by atoms with E-state index in [1.807, 2.05) is 4.90 Å². The number of amides is 1. The maximum Gasteiger partial charge on any atom is 0.257 e. The van der Waals surface area contributed by atoms with Gasteiger partial charge in [-0.05, 0) is 37.9 Å². The molecular formula is C17H26N2O4. The van der Waals surface area contributed by atoms with Gasteiger partial charge in [0.2, 0.25) is 0 Å². The number of likely N-dealkylation sites (tertiary alicyclic amines) is 1. The quantitative estimate of drug-likeness (QED) is 0.773. The average molecular weight is 322 g/mol. The maximum atomic E-state index is 12.7. The molecule has 1 amide bonds. The number of piperidine rings is 1. The molecule has 0 atom stereocenters. The SMILES string of the molecule is COc1cccc(C(=O)N2CCC(OCCCN)CC2)c1OC. The Morgan fingerprint density at radius 1 is 1.26 bits per heavy atom. The topological polar surface area (TPSA) is 74.0 Å². The van der Waals surface area contributed by atoms with E-state index in [0.29, 0.717) is 43.3 Å². The first-order valence-electron chi connectivity index (χ1n) is 8.03. The van der Waals surface area contributed by atoms with Crippen molar-refractivity contribution in [1.29, 1.82) is 0 Å². The summed E-state index contributed by atoms with van der Waals surface area (Å²) in [6, 6.07) is 5.36. The Morgan fingerprint density at radius 2 is 2.00 bits per heavy atom. The minimum atomic E-state index is -0.0267. The van der Waals surface area contributed by atoms with Crippen LogP contribution >= 0.6 is 0 Å². The zero-order valence-corrected chi connectivity index (χ0v) is 13.9. The molecule has 0 aliphatic carbocycles. The van der Waals surface area contributed by atoms with Gasteiger partial charge in [0.1, 0.15) is 0 Å². The number of hydrogen-bond donors (Lipinski definition) is 1. The van der Waals surface area contributed by atoms with E-state index in [2.05, 4.69) is 0 Å². The molecule has 0 bridgehead atoms. The van der Waals surface area contributed by atoms with Crippen LogP contribution in [0.25, 0.3) is 0 Å². The van der Waals surface area contributed by atoms with E-state index in [1.165, 1.54) is 0 Å². The highest BCUT2D eigenvalue weighted by molar-refractivity contribution is 5.97. The van der Waals surface area contributed by atoms with Crippen LogP contribution in [0.1, 0.15) is 29.6 Å². The smallest absolute Gasteiger partial charge is 0.257 e. The second-order valence-electron chi connectivity index (χ2n) is 5.55. The van der Waals surface area contributed by atoms with Crippen LogP contribution in [0.5, 0.6) is 11.5 Å². The first-order chi connectivity index (χ1) is 11.2. The third-order valence-corrected chi connectivity index (χ3v) is 4.06. The van der Waals surface area contributed by atoms with Crippen LogP contribution in [0, 0.1) is 0 Å². The Bertz CT molecular complexity index is 513. The van der Waals surface area contributed by atoms with Gasteiger partial charge < -0.3 is 24.8 Å². The second kappa shape index (κ2) is 8.74. The molecule has 1 fully saturated rings. The molecule has 0 radical (unpaired) electrons. The summed E-state index contributed by atoms with van der Waals surface area (Å²) in [5, 5.41) is 0. The molecule has 1 aliphatic heterocycles. The lowest BCUT2D eigenvalue weighted by Crippen LogP contribution is -2.41. The molecule has 23 heavy (non-hydrogen) atoms. The number of rotatable bonds is 7. The molecule has 0 aromatic heterocycles. The molecule has 1 aliphatic rings. The summed E-state index contributed by atoms with van der Waals surface area (Å²) >= 11 is 0. The molecule has 1 saturated heterocycles. The molecule has 2 N–H and O–H groups in total. The first kappa shape index (κ1) is 17.6. The fourth-order valence-corrected chi connectivity index (χ4v) is 2.78. The lowest BCUT2D eigenvalue weighted by molar-refractivity contribution is 0.00836. The number of ether oxygens (including phenoxy) is 3. The number of nitrogens with zero attached hydrogens (tertiary/aromatic N) is 1. The minimum Gasteiger partial charge on any atom is -0.493 e. The van der Waals surface area contributed by atoms with Crippen molar-refractivity contribution in [3.63, 3.8) is 0 Å². The van der Waals surface area contributed by atoms with Crippen molar-refractivity contribution in [2.45, 2.75) is 25.4 Å². The normalized spacial score (nSPS) is 15.5. The lowest BCUT2D eigenvalue weighted by atomic mass is 10.1. The highest BCUT2D eigenvalue weighted by Crippen LogP contribution is 2.32. The molecule has 0 unspecified atom stereocenters. The average Bonchev–Trinajstić information content (AvgIpc) is 2.61. The minimum absolute atomic E-state index is 0.0267. The predicted molar refractivity (Wildman–Crippen MR) is 88.1 cm³/mol. The highest BCUT2D eigenvalue weighted by Gasteiger charge is 2.26. The van der Waals surface area contributed by atoms with E-state index in [9.17, 15) is 4.79 Å². The van der Waals surface area contributed by atoms with E-state index >= 15 is 0 Å². The van der Waals surface area contributed by atoms with Gasteiger partial charge in [0.25, 0.3) is 5.91 Å². The van der Waals surface area contributed by atoms with Crippen molar-refractivity contribution in [2.75, 3.05) is 40.5 Å². The third kappa shape index (κ3) is 4.36. The van der Waals surface area contributed by atoms with Crippen molar-refractivity contribution in [3.05, 3.63) is 23.8 Å². The Kier molecular flexibility index (Phi) is 6.67. The van der Waals surface area contributed by atoms with Gasteiger partial charge >= 0.3 is 0 Å². The largest absolute Gasteiger partial charge is 0.493 e. The summed E-state index contributed by atoms with van der Waals surface area (Å²) in [6.07, 6.45) is 2.79. The number of para-hydroxylation sites is 1. The maximum absolute atomic E-state index is 12.7. The van der Waals surface area contributed by atoms with Crippen LogP contribution in [0.3, 0.4) is 0 Å². The molecule has 0 spiro atoms. The molecule has 6 nitrogen and oxygen atoms in total. The molecule has 0 saturated carbocycles. The monoisotopic (exact) mass is 322 g/mol. The number of carbonyl (C=O) groups excluding carboxylic acids is 1. The van der Waals surface area contributed by atoms with Gasteiger partial charge in [0, 0.05) is 19.7 Å². The summed E-state index contributed by atoms with van der Waals surface area (Å²) in [5.74, 6) is 1.03. The Labute approximate surface area is 137 Å². The Hall–Kier alpha value is -1.79. The lowest BCUT2D eigenvalue weighted by Gasteiger charge is -2.32. The molecule has 1 aromatic carbocycles. The van der Waals surface area contributed by atoms with Crippen LogP contribution in [-0.2, 0) is 4.74 Å². The van der Waals surface area contributed by atoms with Crippen molar-refractivity contribution in [3.8, 4) is 11.5 Å². The van der Waals surface area contributed by atoms with Crippen LogP contribution < -0.4 is 15.2 Å². The summed E-state index contributed by atoms with van der Waals surface area (Å²) in [4.78, 5) is 14.6. The Balaban J connectivity index is 1.97. The number of nitrogens with two attached hydrogens (primary N) is 1. The molecule has 1 aromatic rings. The van der Waals surface area contributed by atoms with Gasteiger partial charge in [-0.3, -0.25) is 4.79 Å². The van der Waals surface area contributed by atoms with E-state index < -0.39 is 0 Å². The molecule has 128 valence electrons. The van der Waals surface area contributed by atoms with Crippen LogP contribution in [-0.4, -0.2) is 57.4 Å².